The monoisotopic (exact) mass is 197 g/mol. The molecule has 0 fully saturated rings. The number of allylic oxidation sites excluding steroid dienone is 2. The van der Waals surface area contributed by atoms with Crippen LogP contribution in [0.2, 0.25) is 0 Å². The molecule has 1 aromatic rings. The van der Waals surface area contributed by atoms with Gasteiger partial charge in [-0.05, 0) is 49.4 Å². The summed E-state index contributed by atoms with van der Waals surface area (Å²) < 4.78 is 0. The molecule has 0 aromatic heterocycles. The Morgan fingerprint density at radius 3 is 2.87 bits per heavy atom. The Morgan fingerprint density at radius 2 is 2.27 bits per heavy atom. The van der Waals surface area contributed by atoms with Crippen molar-refractivity contribution in [3.05, 3.63) is 47.0 Å². The summed E-state index contributed by atoms with van der Waals surface area (Å²) in [5.41, 5.74) is 3.38. The molecule has 0 amide bonds. The fraction of sp³-hybridized carbons (Fsp3) is 0.357. The quantitative estimate of drug-likeness (QED) is 0.630. The minimum absolute atomic E-state index is 0.562. The van der Waals surface area contributed by atoms with Gasteiger partial charge in [0.2, 0.25) is 0 Å². The van der Waals surface area contributed by atoms with Gasteiger partial charge >= 0.3 is 0 Å². The van der Waals surface area contributed by atoms with Crippen LogP contribution in [0.15, 0.2) is 30.4 Å². The normalized spacial score (nSPS) is 19.9. The summed E-state index contributed by atoms with van der Waals surface area (Å²) in [6, 6.07) is 8.19. The Bertz CT molecular complexity index is 423. The van der Waals surface area contributed by atoms with Gasteiger partial charge < -0.3 is 0 Å². The lowest BCUT2D eigenvalue weighted by molar-refractivity contribution is 0.652. The van der Waals surface area contributed by atoms with E-state index in [0.29, 0.717) is 5.92 Å². The largest absolute Gasteiger partial charge is 0.192 e. The van der Waals surface area contributed by atoms with Crippen molar-refractivity contribution in [2.75, 3.05) is 0 Å². The molecule has 0 unspecified atom stereocenters. The maximum Gasteiger partial charge on any atom is 0.0991 e. The van der Waals surface area contributed by atoms with E-state index in [4.69, 9.17) is 5.26 Å². The summed E-state index contributed by atoms with van der Waals surface area (Å²) in [6.07, 6.45) is 8.30. The first-order chi connectivity index (χ1) is 7.31. The minimum atomic E-state index is 0.562. The summed E-state index contributed by atoms with van der Waals surface area (Å²) >= 11 is 0. The van der Waals surface area contributed by atoms with Gasteiger partial charge in [0.15, 0.2) is 0 Å². The zero-order valence-electron chi connectivity index (χ0n) is 9.03. The van der Waals surface area contributed by atoms with Gasteiger partial charge in [-0.15, -0.1) is 0 Å². The molecule has 0 aliphatic heterocycles. The van der Waals surface area contributed by atoms with Crippen LogP contribution in [-0.4, -0.2) is 0 Å². The fourth-order valence-corrected chi connectivity index (χ4v) is 2.23. The number of benzene rings is 1. The molecule has 1 aliphatic carbocycles. The molecule has 0 radical (unpaired) electrons. The van der Waals surface area contributed by atoms with Gasteiger partial charge in [-0.1, -0.05) is 18.2 Å². The molecular weight excluding hydrogens is 182 g/mol. The fourth-order valence-electron chi connectivity index (χ4n) is 2.23. The molecule has 1 aromatic carbocycles. The third-order valence-corrected chi connectivity index (χ3v) is 3.05. The second-order valence-corrected chi connectivity index (χ2v) is 4.15. The second-order valence-electron chi connectivity index (χ2n) is 4.15. The molecule has 76 valence electrons. The van der Waals surface area contributed by atoms with Gasteiger partial charge in [0.1, 0.15) is 0 Å². The smallest absolute Gasteiger partial charge is 0.0991 e. The molecule has 0 N–H and O–H groups in total. The summed E-state index contributed by atoms with van der Waals surface area (Å²) in [5.74, 6) is 0.562. The van der Waals surface area contributed by atoms with E-state index in [2.05, 4.69) is 31.2 Å². The molecule has 15 heavy (non-hydrogen) atoms. The molecule has 1 aliphatic rings. The van der Waals surface area contributed by atoms with Crippen molar-refractivity contribution >= 4 is 0 Å². The Kier molecular flexibility index (Phi) is 2.87. The van der Waals surface area contributed by atoms with Crippen molar-refractivity contribution in [1.29, 1.82) is 5.26 Å². The molecule has 0 spiro atoms. The van der Waals surface area contributed by atoms with Crippen LogP contribution in [-0.2, 0) is 0 Å². The topological polar surface area (TPSA) is 23.8 Å². The highest BCUT2D eigenvalue weighted by Crippen LogP contribution is 2.30. The Labute approximate surface area is 91.0 Å². The zero-order valence-corrected chi connectivity index (χ0v) is 9.03. The lowest BCUT2D eigenvalue weighted by Gasteiger charge is -2.18. The Hall–Kier alpha value is -1.55. The van der Waals surface area contributed by atoms with Gasteiger partial charge in [-0.2, -0.15) is 5.26 Å². The van der Waals surface area contributed by atoms with Gasteiger partial charge in [-0.3, -0.25) is 0 Å². The molecule has 2 rings (SSSR count). The molecule has 1 atom stereocenters. The number of hydrogen-bond acceptors (Lipinski definition) is 1. The number of aryl methyl sites for hydroxylation is 1. The van der Waals surface area contributed by atoms with Crippen molar-refractivity contribution < 1.29 is 0 Å². The van der Waals surface area contributed by atoms with E-state index in [0.717, 1.165) is 5.56 Å². The van der Waals surface area contributed by atoms with E-state index in [-0.39, 0.29) is 0 Å². The van der Waals surface area contributed by atoms with Crippen LogP contribution in [0.3, 0.4) is 0 Å². The molecular formula is C14H15N. The summed E-state index contributed by atoms with van der Waals surface area (Å²) in [6.45, 7) is 2.10. The number of nitrogens with zero attached hydrogens (tertiary/aromatic N) is 1. The second kappa shape index (κ2) is 4.31. The van der Waals surface area contributed by atoms with E-state index >= 15 is 0 Å². The van der Waals surface area contributed by atoms with E-state index in [1.807, 2.05) is 12.1 Å². The molecule has 1 heteroatoms. The average Bonchev–Trinajstić information content (AvgIpc) is 2.30. The van der Waals surface area contributed by atoms with E-state index in [1.165, 1.54) is 30.4 Å². The van der Waals surface area contributed by atoms with Crippen molar-refractivity contribution in [2.24, 2.45) is 0 Å². The zero-order chi connectivity index (χ0) is 10.7. The maximum atomic E-state index is 8.80. The molecule has 1 nitrogen and oxygen atoms in total. The highest BCUT2D eigenvalue weighted by molar-refractivity contribution is 5.40. The van der Waals surface area contributed by atoms with Gasteiger partial charge in [0, 0.05) is 5.92 Å². The van der Waals surface area contributed by atoms with Crippen LogP contribution in [0.1, 0.15) is 41.9 Å². The van der Waals surface area contributed by atoms with Crippen molar-refractivity contribution in [3.63, 3.8) is 0 Å². The molecule has 0 bridgehead atoms. The van der Waals surface area contributed by atoms with Crippen LogP contribution < -0.4 is 0 Å². The highest BCUT2D eigenvalue weighted by Gasteiger charge is 2.13. The van der Waals surface area contributed by atoms with Crippen molar-refractivity contribution in [1.82, 2.24) is 0 Å². The Morgan fingerprint density at radius 1 is 1.40 bits per heavy atom. The number of hydrogen-bond donors (Lipinski definition) is 0. The predicted molar refractivity (Wildman–Crippen MR) is 61.6 cm³/mol. The summed E-state index contributed by atoms with van der Waals surface area (Å²) in [4.78, 5) is 0. The first kappa shape index (κ1) is 9.98. The van der Waals surface area contributed by atoms with Crippen LogP contribution in [0.25, 0.3) is 0 Å². The van der Waals surface area contributed by atoms with Crippen LogP contribution in [0.5, 0.6) is 0 Å². The minimum Gasteiger partial charge on any atom is -0.192 e. The molecule has 0 saturated heterocycles. The third kappa shape index (κ3) is 2.10. The standard InChI is InChI=1S/C14H15N/c1-11-9-12(10-15)7-8-14(11)13-5-3-2-4-6-13/h3,5,7-9,13H,2,4,6H2,1H3/t13-/m0/s1. The Balaban J connectivity index is 2.32. The van der Waals surface area contributed by atoms with Crippen LogP contribution >= 0.6 is 0 Å². The first-order valence-electron chi connectivity index (χ1n) is 5.48. The maximum absolute atomic E-state index is 8.80. The van der Waals surface area contributed by atoms with E-state index in [9.17, 15) is 0 Å². The van der Waals surface area contributed by atoms with E-state index in [1.54, 1.807) is 0 Å². The van der Waals surface area contributed by atoms with Gasteiger partial charge in [0.25, 0.3) is 0 Å². The molecule has 0 heterocycles. The van der Waals surface area contributed by atoms with Crippen LogP contribution in [0, 0.1) is 18.3 Å². The van der Waals surface area contributed by atoms with Crippen LogP contribution in [0.4, 0.5) is 0 Å². The van der Waals surface area contributed by atoms with Gasteiger partial charge in [-0.25, -0.2) is 0 Å². The number of nitriles is 1. The van der Waals surface area contributed by atoms with Crippen molar-refractivity contribution in [3.8, 4) is 6.07 Å². The van der Waals surface area contributed by atoms with Gasteiger partial charge in [0.05, 0.1) is 11.6 Å². The lowest BCUT2D eigenvalue weighted by Crippen LogP contribution is -2.01. The highest BCUT2D eigenvalue weighted by atomic mass is 14.2. The lowest BCUT2D eigenvalue weighted by atomic mass is 9.86. The third-order valence-electron chi connectivity index (χ3n) is 3.05. The summed E-state index contributed by atoms with van der Waals surface area (Å²) in [7, 11) is 0. The average molecular weight is 197 g/mol. The predicted octanol–water partition coefficient (Wildman–Crippen LogP) is 3.69. The SMILES string of the molecule is Cc1cc(C#N)ccc1[C@H]1C=CCCC1. The van der Waals surface area contributed by atoms with E-state index < -0.39 is 0 Å². The van der Waals surface area contributed by atoms with Crippen molar-refractivity contribution in [2.45, 2.75) is 32.1 Å². The summed E-state index contributed by atoms with van der Waals surface area (Å²) in [5, 5.41) is 8.80. The first-order valence-corrected chi connectivity index (χ1v) is 5.48. The molecule has 0 saturated carbocycles. The number of rotatable bonds is 1.